The second kappa shape index (κ2) is 10.0. The minimum atomic E-state index is -0.998. The van der Waals surface area contributed by atoms with E-state index in [4.69, 9.17) is 28.3 Å². The standard InChI is InChI=1S/C22H24Cl2N2O4S/c1-12(9-18(28)29)22(30)25-16-5-7-26(11-13(16)2)17(27)4-3-14-10-15-6-8-31-21(15)20(24)19(14)23/h3-4,6,8,10,12-13,16H,5,7,9,11H2,1-2H3,(H,25,30)(H,28,29). The Labute approximate surface area is 194 Å². The number of rotatable bonds is 6. The van der Waals surface area contributed by atoms with Crippen LogP contribution in [0, 0.1) is 11.8 Å². The third-order valence-corrected chi connectivity index (χ3v) is 7.47. The molecule has 1 fully saturated rings. The molecule has 0 bridgehead atoms. The van der Waals surface area contributed by atoms with Crippen LogP contribution in [0.15, 0.2) is 23.6 Å². The van der Waals surface area contributed by atoms with Gasteiger partial charge in [-0.15, -0.1) is 11.3 Å². The van der Waals surface area contributed by atoms with Crippen molar-refractivity contribution in [1.82, 2.24) is 10.2 Å². The van der Waals surface area contributed by atoms with Crippen molar-refractivity contribution in [2.75, 3.05) is 13.1 Å². The van der Waals surface area contributed by atoms with Crippen molar-refractivity contribution in [3.63, 3.8) is 0 Å². The maximum atomic E-state index is 12.7. The number of nitrogens with zero attached hydrogens (tertiary/aromatic N) is 1. The Bertz CT molecular complexity index is 1040. The quantitative estimate of drug-likeness (QED) is 0.584. The van der Waals surface area contributed by atoms with E-state index in [2.05, 4.69) is 5.32 Å². The van der Waals surface area contributed by atoms with Gasteiger partial charge in [0, 0.05) is 31.1 Å². The highest BCUT2D eigenvalue weighted by Crippen LogP contribution is 2.37. The molecule has 1 aromatic carbocycles. The molecule has 0 saturated carbocycles. The first-order chi connectivity index (χ1) is 14.7. The third-order valence-electron chi connectivity index (χ3n) is 5.53. The van der Waals surface area contributed by atoms with E-state index in [1.54, 1.807) is 17.9 Å². The van der Waals surface area contributed by atoms with Crippen molar-refractivity contribution in [3.05, 3.63) is 39.2 Å². The first-order valence-corrected chi connectivity index (χ1v) is 11.6. The third kappa shape index (κ3) is 5.59. The molecule has 0 spiro atoms. The van der Waals surface area contributed by atoms with E-state index in [0.29, 0.717) is 35.1 Å². The van der Waals surface area contributed by atoms with Crippen molar-refractivity contribution in [2.24, 2.45) is 11.8 Å². The molecule has 0 aliphatic carbocycles. The van der Waals surface area contributed by atoms with Crippen molar-refractivity contribution < 1.29 is 19.5 Å². The SMILES string of the molecule is CC(CC(=O)O)C(=O)NC1CCN(C(=O)C=Cc2cc3ccsc3c(Cl)c2Cl)CC1C. The summed E-state index contributed by atoms with van der Waals surface area (Å²) >= 11 is 14.2. The number of aliphatic carboxylic acids is 1. The Kier molecular flexibility index (Phi) is 7.62. The van der Waals surface area contributed by atoms with E-state index in [1.165, 1.54) is 17.4 Å². The average molecular weight is 483 g/mol. The van der Waals surface area contributed by atoms with Gasteiger partial charge in [0.25, 0.3) is 0 Å². The summed E-state index contributed by atoms with van der Waals surface area (Å²) in [5.74, 6) is -1.94. The fraction of sp³-hybridized carbons (Fsp3) is 0.409. The van der Waals surface area contributed by atoms with Gasteiger partial charge in [-0.25, -0.2) is 0 Å². The van der Waals surface area contributed by atoms with Gasteiger partial charge in [0.2, 0.25) is 11.8 Å². The summed E-state index contributed by atoms with van der Waals surface area (Å²) in [6.45, 7) is 4.57. The van der Waals surface area contributed by atoms with Crippen LogP contribution in [0.25, 0.3) is 16.2 Å². The van der Waals surface area contributed by atoms with Crippen LogP contribution >= 0.6 is 34.5 Å². The molecule has 1 aliphatic rings. The molecule has 31 heavy (non-hydrogen) atoms. The molecule has 3 atom stereocenters. The summed E-state index contributed by atoms with van der Waals surface area (Å²) < 4.78 is 0.922. The number of thiophene rings is 1. The van der Waals surface area contributed by atoms with Gasteiger partial charge < -0.3 is 15.3 Å². The van der Waals surface area contributed by atoms with Crippen LogP contribution < -0.4 is 5.32 Å². The van der Waals surface area contributed by atoms with Crippen LogP contribution in [0.3, 0.4) is 0 Å². The summed E-state index contributed by atoms with van der Waals surface area (Å²) in [7, 11) is 0. The number of carboxylic acids is 1. The molecular formula is C22H24Cl2N2O4S. The van der Waals surface area contributed by atoms with Gasteiger partial charge in [0.15, 0.2) is 0 Å². The number of fused-ring (bicyclic) bond motifs is 1. The van der Waals surface area contributed by atoms with Crippen molar-refractivity contribution >= 4 is 68.5 Å². The fourth-order valence-corrected chi connectivity index (χ4v) is 5.14. The molecule has 1 aromatic heterocycles. The number of hydrogen-bond donors (Lipinski definition) is 2. The number of halogens is 2. The number of hydrogen-bond acceptors (Lipinski definition) is 4. The number of nitrogens with one attached hydrogen (secondary N) is 1. The van der Waals surface area contributed by atoms with E-state index >= 15 is 0 Å². The summed E-state index contributed by atoms with van der Waals surface area (Å²) in [4.78, 5) is 37.4. The lowest BCUT2D eigenvalue weighted by Crippen LogP contribution is -2.52. The largest absolute Gasteiger partial charge is 0.481 e. The fourth-order valence-electron chi connectivity index (χ4n) is 3.70. The van der Waals surface area contributed by atoms with Crippen LogP contribution in [0.4, 0.5) is 0 Å². The Balaban J connectivity index is 1.60. The first-order valence-electron chi connectivity index (χ1n) is 10.0. The zero-order valence-corrected chi connectivity index (χ0v) is 19.6. The van der Waals surface area contributed by atoms with Crippen LogP contribution in [0.2, 0.25) is 10.0 Å². The molecular weight excluding hydrogens is 459 g/mol. The summed E-state index contributed by atoms with van der Waals surface area (Å²) in [6.07, 6.45) is 3.59. The molecule has 6 nitrogen and oxygen atoms in total. The minimum absolute atomic E-state index is 0.0484. The highest BCUT2D eigenvalue weighted by molar-refractivity contribution is 7.18. The van der Waals surface area contributed by atoms with Gasteiger partial charge in [-0.1, -0.05) is 37.0 Å². The van der Waals surface area contributed by atoms with Gasteiger partial charge in [-0.05, 0) is 46.9 Å². The number of carbonyl (C=O) groups is 3. The normalized spacial score (nSPS) is 20.2. The molecule has 2 aromatic rings. The average Bonchev–Trinajstić information content (AvgIpc) is 3.19. The van der Waals surface area contributed by atoms with Crippen LogP contribution in [-0.2, 0) is 14.4 Å². The van der Waals surface area contributed by atoms with Crippen LogP contribution in [0.1, 0.15) is 32.3 Å². The number of carbonyl (C=O) groups excluding carboxylic acids is 2. The summed E-state index contributed by atoms with van der Waals surface area (Å²) in [5, 5.41) is 15.6. The molecule has 3 unspecified atom stereocenters. The van der Waals surface area contributed by atoms with Gasteiger partial charge in [0.05, 0.1) is 21.2 Å². The number of carboxylic acid groups (broad SMARTS) is 1. The minimum Gasteiger partial charge on any atom is -0.481 e. The summed E-state index contributed by atoms with van der Waals surface area (Å²) in [5.41, 5.74) is 0.688. The second-order valence-electron chi connectivity index (χ2n) is 7.93. The van der Waals surface area contributed by atoms with E-state index < -0.39 is 11.9 Å². The zero-order chi connectivity index (χ0) is 22.7. The molecule has 2 N–H and O–H groups in total. The maximum absolute atomic E-state index is 12.7. The zero-order valence-electron chi connectivity index (χ0n) is 17.2. The smallest absolute Gasteiger partial charge is 0.304 e. The Morgan fingerprint density at radius 2 is 2.10 bits per heavy atom. The number of likely N-dealkylation sites (tertiary alicyclic amines) is 1. The van der Waals surface area contributed by atoms with Gasteiger partial charge in [-0.3, -0.25) is 14.4 Å². The van der Waals surface area contributed by atoms with Gasteiger partial charge >= 0.3 is 5.97 Å². The molecule has 0 radical (unpaired) electrons. The lowest BCUT2D eigenvalue weighted by atomic mass is 9.92. The molecule has 166 valence electrons. The van der Waals surface area contributed by atoms with Crippen LogP contribution in [-0.4, -0.2) is 46.9 Å². The highest BCUT2D eigenvalue weighted by Gasteiger charge is 2.30. The van der Waals surface area contributed by atoms with Crippen LogP contribution in [0.5, 0.6) is 0 Å². The molecule has 2 amide bonds. The lowest BCUT2D eigenvalue weighted by Gasteiger charge is -2.37. The monoisotopic (exact) mass is 482 g/mol. The molecule has 1 aliphatic heterocycles. The van der Waals surface area contributed by atoms with Crippen molar-refractivity contribution in [2.45, 2.75) is 32.7 Å². The number of benzene rings is 1. The number of amides is 2. The number of piperidine rings is 1. The van der Waals surface area contributed by atoms with E-state index in [1.807, 2.05) is 24.4 Å². The highest BCUT2D eigenvalue weighted by atomic mass is 35.5. The van der Waals surface area contributed by atoms with Crippen molar-refractivity contribution in [3.8, 4) is 0 Å². The Hall–Kier alpha value is -2.09. The molecule has 9 heteroatoms. The molecule has 3 rings (SSSR count). The summed E-state index contributed by atoms with van der Waals surface area (Å²) in [6, 6.07) is 3.78. The molecule has 2 heterocycles. The predicted molar refractivity (Wildman–Crippen MR) is 125 cm³/mol. The van der Waals surface area contributed by atoms with Gasteiger partial charge in [-0.2, -0.15) is 0 Å². The van der Waals surface area contributed by atoms with E-state index in [9.17, 15) is 14.4 Å². The Morgan fingerprint density at radius 1 is 1.35 bits per heavy atom. The first kappa shape index (κ1) is 23.6. The molecule has 1 saturated heterocycles. The second-order valence-corrected chi connectivity index (χ2v) is 9.60. The van der Waals surface area contributed by atoms with Gasteiger partial charge in [0.1, 0.15) is 0 Å². The maximum Gasteiger partial charge on any atom is 0.304 e. The van der Waals surface area contributed by atoms with Crippen molar-refractivity contribution in [1.29, 1.82) is 0 Å². The predicted octanol–water partition coefficient (Wildman–Crippen LogP) is 4.69. The van der Waals surface area contributed by atoms with E-state index in [0.717, 1.165) is 10.1 Å². The lowest BCUT2D eigenvalue weighted by molar-refractivity contribution is -0.141. The Morgan fingerprint density at radius 3 is 2.77 bits per heavy atom. The van der Waals surface area contributed by atoms with E-state index in [-0.39, 0.29) is 30.2 Å². The topological polar surface area (TPSA) is 86.7 Å².